The Balaban J connectivity index is 2.21. The van der Waals surface area contributed by atoms with E-state index in [2.05, 4.69) is 11.9 Å². The van der Waals surface area contributed by atoms with Crippen molar-refractivity contribution in [2.45, 2.75) is 6.92 Å². The van der Waals surface area contributed by atoms with Crippen LogP contribution in [0, 0.1) is 6.92 Å². The Morgan fingerprint density at radius 1 is 1.24 bits per heavy atom. The molecule has 2 aromatic rings. The van der Waals surface area contributed by atoms with E-state index in [9.17, 15) is 13.2 Å². The van der Waals surface area contributed by atoms with Gasteiger partial charge >= 0.3 is 0 Å². The van der Waals surface area contributed by atoms with Crippen LogP contribution in [0.1, 0.15) is 15.9 Å². The minimum atomic E-state index is -3.42. The van der Waals surface area contributed by atoms with Crippen LogP contribution in [0.5, 0.6) is 0 Å². The van der Waals surface area contributed by atoms with Gasteiger partial charge in [0.25, 0.3) is 5.91 Å². The molecule has 0 saturated heterocycles. The summed E-state index contributed by atoms with van der Waals surface area (Å²) in [4.78, 5) is 12.4. The second-order valence-corrected chi connectivity index (χ2v) is 7.89. The van der Waals surface area contributed by atoms with Gasteiger partial charge in [0.05, 0.1) is 18.5 Å². The molecule has 0 atom stereocenters. The van der Waals surface area contributed by atoms with E-state index < -0.39 is 10.0 Å². The predicted octanol–water partition coefficient (Wildman–Crippen LogP) is 3.85. The summed E-state index contributed by atoms with van der Waals surface area (Å²) < 4.78 is 24.9. The zero-order valence-corrected chi connectivity index (χ0v) is 15.6. The summed E-state index contributed by atoms with van der Waals surface area (Å²) in [5.74, 6) is -0.286. The maximum Gasteiger partial charge on any atom is 0.255 e. The van der Waals surface area contributed by atoms with Gasteiger partial charge < -0.3 is 5.32 Å². The molecule has 0 radical (unpaired) electrons. The van der Waals surface area contributed by atoms with Crippen molar-refractivity contribution in [2.75, 3.05) is 22.4 Å². The van der Waals surface area contributed by atoms with Crippen molar-refractivity contribution in [3.63, 3.8) is 0 Å². The fourth-order valence-corrected chi connectivity index (χ4v) is 3.40. The fourth-order valence-electron chi connectivity index (χ4n) is 2.29. The number of sulfonamides is 1. The molecule has 0 aliphatic rings. The molecule has 0 aromatic heterocycles. The SMILES string of the molecule is C=CCN(c1ccc(C(=O)Nc2ccc(Cl)cc2C)cc1)S(C)(=O)=O. The molecular formula is C18H19ClN2O3S. The molecule has 2 rings (SSSR count). The number of nitrogens with one attached hydrogen (secondary N) is 1. The lowest BCUT2D eigenvalue weighted by Gasteiger charge is -2.20. The third-order valence-corrected chi connectivity index (χ3v) is 4.95. The summed E-state index contributed by atoms with van der Waals surface area (Å²) in [7, 11) is -3.42. The zero-order chi connectivity index (χ0) is 18.6. The van der Waals surface area contributed by atoms with E-state index in [0.717, 1.165) is 11.8 Å². The number of benzene rings is 2. The molecule has 0 heterocycles. The Bertz CT molecular complexity index is 893. The number of rotatable bonds is 6. The molecule has 132 valence electrons. The zero-order valence-electron chi connectivity index (χ0n) is 14.0. The number of aryl methyl sites for hydroxylation is 1. The molecule has 7 heteroatoms. The number of anilines is 2. The van der Waals surface area contributed by atoms with Gasteiger partial charge in [-0.15, -0.1) is 6.58 Å². The minimum absolute atomic E-state index is 0.161. The van der Waals surface area contributed by atoms with Gasteiger partial charge in [0.2, 0.25) is 10.0 Å². The van der Waals surface area contributed by atoms with E-state index in [-0.39, 0.29) is 12.5 Å². The standard InChI is InChI=1S/C18H19ClN2O3S/c1-4-11-21(25(3,23)24)16-8-5-14(6-9-16)18(22)20-17-10-7-15(19)12-13(17)2/h4-10,12H,1,11H2,2-3H3,(H,20,22). The van der Waals surface area contributed by atoms with Crippen LogP contribution >= 0.6 is 11.6 Å². The largest absolute Gasteiger partial charge is 0.322 e. The van der Waals surface area contributed by atoms with Crippen LogP contribution in [-0.2, 0) is 10.0 Å². The lowest BCUT2D eigenvalue weighted by atomic mass is 10.1. The van der Waals surface area contributed by atoms with E-state index in [4.69, 9.17) is 11.6 Å². The highest BCUT2D eigenvalue weighted by Gasteiger charge is 2.16. The number of carbonyl (C=O) groups is 1. The Labute approximate surface area is 153 Å². The average molecular weight is 379 g/mol. The van der Waals surface area contributed by atoms with Gasteiger partial charge in [0.1, 0.15) is 0 Å². The van der Waals surface area contributed by atoms with Gasteiger partial charge in [-0.25, -0.2) is 8.42 Å². The highest BCUT2D eigenvalue weighted by Crippen LogP contribution is 2.22. The highest BCUT2D eigenvalue weighted by molar-refractivity contribution is 7.92. The first-order chi connectivity index (χ1) is 11.7. The van der Waals surface area contributed by atoms with E-state index >= 15 is 0 Å². The molecule has 0 bridgehead atoms. The van der Waals surface area contributed by atoms with Crippen molar-refractivity contribution in [2.24, 2.45) is 0 Å². The van der Waals surface area contributed by atoms with Gasteiger partial charge in [-0.3, -0.25) is 9.10 Å². The molecule has 0 spiro atoms. The summed E-state index contributed by atoms with van der Waals surface area (Å²) in [6, 6.07) is 11.5. The summed E-state index contributed by atoms with van der Waals surface area (Å²) in [5, 5.41) is 3.41. The summed E-state index contributed by atoms with van der Waals surface area (Å²) in [6.07, 6.45) is 2.63. The quantitative estimate of drug-likeness (QED) is 0.776. The Morgan fingerprint density at radius 2 is 1.88 bits per heavy atom. The van der Waals surface area contributed by atoms with Gasteiger partial charge in [-0.2, -0.15) is 0 Å². The molecule has 0 fully saturated rings. The van der Waals surface area contributed by atoms with E-state index in [0.29, 0.717) is 22.0 Å². The molecule has 25 heavy (non-hydrogen) atoms. The molecule has 0 unspecified atom stereocenters. The highest BCUT2D eigenvalue weighted by atomic mass is 35.5. The predicted molar refractivity (Wildman–Crippen MR) is 103 cm³/mol. The Hall–Kier alpha value is -2.31. The molecule has 0 aliphatic carbocycles. The Morgan fingerprint density at radius 3 is 2.40 bits per heavy atom. The molecule has 1 N–H and O–H groups in total. The first-order valence-corrected chi connectivity index (χ1v) is 9.71. The lowest BCUT2D eigenvalue weighted by molar-refractivity contribution is 0.102. The van der Waals surface area contributed by atoms with Crippen molar-refractivity contribution in [3.8, 4) is 0 Å². The first kappa shape index (κ1) is 19.0. The summed E-state index contributed by atoms with van der Waals surface area (Å²) in [6.45, 7) is 5.58. The van der Waals surface area contributed by atoms with Crippen molar-refractivity contribution in [3.05, 3.63) is 71.3 Å². The van der Waals surface area contributed by atoms with Gasteiger partial charge in [-0.1, -0.05) is 17.7 Å². The monoisotopic (exact) mass is 378 g/mol. The molecular weight excluding hydrogens is 360 g/mol. The van der Waals surface area contributed by atoms with Crippen LogP contribution in [0.3, 0.4) is 0 Å². The molecule has 5 nitrogen and oxygen atoms in total. The maximum atomic E-state index is 12.4. The normalized spacial score (nSPS) is 11.0. The second kappa shape index (κ2) is 7.72. The van der Waals surface area contributed by atoms with E-state index in [1.807, 2.05) is 6.92 Å². The van der Waals surface area contributed by atoms with Crippen molar-refractivity contribution in [1.82, 2.24) is 0 Å². The van der Waals surface area contributed by atoms with Crippen LogP contribution in [0.15, 0.2) is 55.1 Å². The number of nitrogens with zero attached hydrogens (tertiary/aromatic N) is 1. The van der Waals surface area contributed by atoms with Crippen LogP contribution in [0.25, 0.3) is 0 Å². The van der Waals surface area contributed by atoms with Crippen molar-refractivity contribution < 1.29 is 13.2 Å². The maximum absolute atomic E-state index is 12.4. The minimum Gasteiger partial charge on any atom is -0.322 e. The molecule has 2 aromatic carbocycles. The number of amides is 1. The fraction of sp³-hybridized carbons (Fsp3) is 0.167. The van der Waals surface area contributed by atoms with Crippen LogP contribution in [0.2, 0.25) is 5.02 Å². The number of carbonyl (C=O) groups excluding carboxylic acids is 1. The Kier molecular flexibility index (Phi) is 5.87. The number of halogens is 1. The second-order valence-electron chi connectivity index (χ2n) is 5.54. The average Bonchev–Trinajstić information content (AvgIpc) is 2.54. The van der Waals surface area contributed by atoms with Gasteiger partial charge in [0.15, 0.2) is 0 Å². The topological polar surface area (TPSA) is 66.5 Å². The van der Waals surface area contributed by atoms with Crippen molar-refractivity contribution in [1.29, 1.82) is 0 Å². The van der Waals surface area contributed by atoms with Gasteiger partial charge in [-0.05, 0) is 55.0 Å². The lowest BCUT2D eigenvalue weighted by Crippen LogP contribution is -2.29. The third kappa shape index (κ3) is 4.84. The van der Waals surface area contributed by atoms with E-state index in [1.54, 1.807) is 42.5 Å². The molecule has 0 saturated carbocycles. The smallest absolute Gasteiger partial charge is 0.255 e. The summed E-state index contributed by atoms with van der Waals surface area (Å²) in [5.41, 5.74) is 2.42. The molecule has 1 amide bonds. The van der Waals surface area contributed by atoms with E-state index in [1.165, 1.54) is 10.4 Å². The number of hydrogen-bond acceptors (Lipinski definition) is 3. The number of hydrogen-bond donors (Lipinski definition) is 1. The van der Waals surface area contributed by atoms with Gasteiger partial charge in [0, 0.05) is 16.3 Å². The summed E-state index contributed by atoms with van der Waals surface area (Å²) >= 11 is 5.91. The van der Waals surface area contributed by atoms with Crippen molar-refractivity contribution >= 4 is 38.9 Å². The van der Waals surface area contributed by atoms with Crippen LogP contribution in [0.4, 0.5) is 11.4 Å². The van der Waals surface area contributed by atoms with Crippen LogP contribution in [-0.4, -0.2) is 27.1 Å². The van der Waals surface area contributed by atoms with Crippen LogP contribution < -0.4 is 9.62 Å². The first-order valence-electron chi connectivity index (χ1n) is 7.48. The third-order valence-electron chi connectivity index (χ3n) is 3.55. The molecule has 0 aliphatic heterocycles.